The van der Waals surface area contributed by atoms with Crippen LogP contribution in [0.25, 0.3) is 0 Å². The number of hydrogen-bond donors (Lipinski definition) is 0. The summed E-state index contributed by atoms with van der Waals surface area (Å²) in [6.45, 7) is 0. The van der Waals surface area contributed by atoms with Crippen LogP contribution in [0.15, 0.2) is 0 Å². The molecule has 0 heterocycles. The van der Waals surface area contributed by atoms with Gasteiger partial charge in [-0.25, -0.2) is 0 Å². The Balaban J connectivity index is 1.69. The average molecular weight is 216 g/mol. The summed E-state index contributed by atoms with van der Waals surface area (Å²) in [6.07, 6.45) is 5.83. The fourth-order valence-corrected chi connectivity index (χ4v) is 4.35. The molecule has 0 aromatic carbocycles. The van der Waals surface area contributed by atoms with Crippen LogP contribution in [0.5, 0.6) is 0 Å². The van der Waals surface area contributed by atoms with Crippen molar-refractivity contribution in [3.05, 3.63) is 0 Å². The summed E-state index contributed by atoms with van der Waals surface area (Å²) in [5, 5.41) is 0. The fourth-order valence-electron chi connectivity index (χ4n) is 3.70. The highest BCUT2D eigenvalue weighted by molar-refractivity contribution is 7.86. The molecule has 0 aliphatic heterocycles. The van der Waals surface area contributed by atoms with Gasteiger partial charge in [0.15, 0.2) is 0 Å². The van der Waals surface area contributed by atoms with Gasteiger partial charge < -0.3 is 0 Å². The first kappa shape index (κ1) is 9.16. The van der Waals surface area contributed by atoms with E-state index in [0.717, 1.165) is 42.8 Å². The van der Waals surface area contributed by atoms with Crippen molar-refractivity contribution >= 4 is 10.1 Å². The molecule has 3 nitrogen and oxygen atoms in total. The van der Waals surface area contributed by atoms with Crippen molar-refractivity contribution in [1.82, 2.24) is 0 Å². The van der Waals surface area contributed by atoms with Gasteiger partial charge in [0.2, 0.25) is 0 Å². The van der Waals surface area contributed by atoms with Crippen LogP contribution < -0.4 is 0 Å². The Labute approximate surface area is 85.0 Å². The van der Waals surface area contributed by atoms with Crippen LogP contribution in [0, 0.1) is 23.7 Å². The first-order valence-corrected chi connectivity index (χ1v) is 7.23. The Kier molecular flexibility index (Phi) is 1.78. The van der Waals surface area contributed by atoms with Crippen molar-refractivity contribution in [2.45, 2.75) is 31.8 Å². The van der Waals surface area contributed by atoms with Crippen LogP contribution >= 0.6 is 0 Å². The second-order valence-corrected chi connectivity index (χ2v) is 6.81. The van der Waals surface area contributed by atoms with Gasteiger partial charge in [-0.05, 0) is 49.4 Å². The zero-order chi connectivity index (χ0) is 9.92. The molecule has 3 rings (SSSR count). The molecular formula is C10H16O3S. The lowest BCUT2D eigenvalue weighted by molar-refractivity contribution is 0.110. The molecule has 0 aromatic heterocycles. The molecule has 14 heavy (non-hydrogen) atoms. The Morgan fingerprint density at radius 3 is 2.07 bits per heavy atom. The molecule has 0 aromatic rings. The molecule has 0 amide bonds. The Morgan fingerprint density at radius 2 is 1.57 bits per heavy atom. The SMILES string of the molecule is CS(=O)(=O)OC1CC2CC(C1)C1CC21. The van der Waals surface area contributed by atoms with Crippen molar-refractivity contribution in [2.75, 3.05) is 6.26 Å². The second-order valence-electron chi connectivity index (χ2n) is 5.21. The first-order chi connectivity index (χ1) is 6.53. The predicted octanol–water partition coefficient (Wildman–Crippen LogP) is 1.40. The molecular weight excluding hydrogens is 200 g/mol. The maximum absolute atomic E-state index is 11.0. The van der Waals surface area contributed by atoms with E-state index in [1.165, 1.54) is 12.8 Å². The standard InChI is InChI=1S/C10H16O3S/c1-14(11,12)13-8-3-6-2-7(4-8)10-5-9(6)10/h6-10H,2-5H2,1H3. The number of fused-ring (bicyclic) bond motifs is 5. The molecule has 0 saturated heterocycles. The summed E-state index contributed by atoms with van der Waals surface area (Å²) in [5.41, 5.74) is 0. The van der Waals surface area contributed by atoms with Gasteiger partial charge in [0.25, 0.3) is 10.1 Å². The van der Waals surface area contributed by atoms with Gasteiger partial charge in [-0.2, -0.15) is 8.42 Å². The Hall–Kier alpha value is -0.0900. The molecule has 3 aliphatic rings. The van der Waals surface area contributed by atoms with Crippen LogP contribution in [0.1, 0.15) is 25.7 Å². The van der Waals surface area contributed by atoms with E-state index in [4.69, 9.17) is 4.18 Å². The zero-order valence-corrected chi connectivity index (χ0v) is 9.16. The van der Waals surface area contributed by atoms with Crippen LogP contribution in [0.3, 0.4) is 0 Å². The minimum atomic E-state index is -3.25. The monoisotopic (exact) mass is 216 g/mol. The molecule has 0 spiro atoms. The smallest absolute Gasteiger partial charge is 0.264 e. The van der Waals surface area contributed by atoms with E-state index in [0.29, 0.717) is 0 Å². The minimum Gasteiger partial charge on any atom is -0.267 e. The average Bonchev–Trinajstić information content (AvgIpc) is 2.73. The van der Waals surface area contributed by atoms with Crippen molar-refractivity contribution in [1.29, 1.82) is 0 Å². The van der Waals surface area contributed by atoms with Crippen LogP contribution in [0.2, 0.25) is 0 Å². The highest BCUT2D eigenvalue weighted by Crippen LogP contribution is 2.63. The predicted molar refractivity (Wildman–Crippen MR) is 52.1 cm³/mol. The molecule has 3 saturated carbocycles. The van der Waals surface area contributed by atoms with Crippen LogP contribution in [-0.4, -0.2) is 20.8 Å². The highest BCUT2D eigenvalue weighted by Gasteiger charge is 2.57. The molecule has 4 heteroatoms. The molecule has 4 atom stereocenters. The molecule has 2 bridgehead atoms. The maximum atomic E-state index is 11.0. The van der Waals surface area contributed by atoms with E-state index in [-0.39, 0.29) is 6.10 Å². The lowest BCUT2D eigenvalue weighted by Gasteiger charge is -2.29. The summed E-state index contributed by atoms with van der Waals surface area (Å²) in [6, 6.07) is 0. The summed E-state index contributed by atoms with van der Waals surface area (Å²) in [7, 11) is -3.25. The van der Waals surface area contributed by atoms with E-state index < -0.39 is 10.1 Å². The largest absolute Gasteiger partial charge is 0.267 e. The summed E-state index contributed by atoms with van der Waals surface area (Å²) >= 11 is 0. The third kappa shape index (κ3) is 1.48. The van der Waals surface area contributed by atoms with Gasteiger partial charge in [-0.15, -0.1) is 0 Å². The molecule has 3 fully saturated rings. The van der Waals surface area contributed by atoms with Crippen LogP contribution in [-0.2, 0) is 14.3 Å². The van der Waals surface area contributed by atoms with Gasteiger partial charge in [0.05, 0.1) is 12.4 Å². The molecule has 4 unspecified atom stereocenters. The van der Waals surface area contributed by atoms with E-state index in [2.05, 4.69) is 0 Å². The molecule has 0 radical (unpaired) electrons. The minimum absolute atomic E-state index is 0.0125. The Morgan fingerprint density at radius 1 is 1.00 bits per heavy atom. The lowest BCUT2D eigenvalue weighted by atomic mass is 9.82. The lowest BCUT2D eigenvalue weighted by Crippen LogP contribution is -2.27. The fraction of sp³-hybridized carbons (Fsp3) is 1.00. The molecule has 80 valence electrons. The topological polar surface area (TPSA) is 43.4 Å². The Bertz CT molecular complexity index is 332. The van der Waals surface area contributed by atoms with Gasteiger partial charge in [-0.3, -0.25) is 4.18 Å². The van der Waals surface area contributed by atoms with Gasteiger partial charge in [0, 0.05) is 0 Å². The highest BCUT2D eigenvalue weighted by atomic mass is 32.2. The van der Waals surface area contributed by atoms with Gasteiger partial charge in [0.1, 0.15) is 0 Å². The summed E-state index contributed by atoms with van der Waals surface area (Å²) in [4.78, 5) is 0. The van der Waals surface area contributed by atoms with E-state index in [9.17, 15) is 8.42 Å². The van der Waals surface area contributed by atoms with Crippen molar-refractivity contribution in [3.63, 3.8) is 0 Å². The summed E-state index contributed by atoms with van der Waals surface area (Å²) in [5.74, 6) is 3.39. The summed E-state index contributed by atoms with van der Waals surface area (Å²) < 4.78 is 27.1. The first-order valence-electron chi connectivity index (χ1n) is 5.41. The van der Waals surface area contributed by atoms with Crippen molar-refractivity contribution in [3.8, 4) is 0 Å². The molecule has 3 aliphatic carbocycles. The van der Waals surface area contributed by atoms with E-state index in [1.54, 1.807) is 0 Å². The molecule has 0 N–H and O–H groups in total. The third-order valence-corrected chi connectivity index (χ3v) is 4.77. The van der Waals surface area contributed by atoms with Crippen molar-refractivity contribution in [2.24, 2.45) is 23.7 Å². The van der Waals surface area contributed by atoms with E-state index >= 15 is 0 Å². The van der Waals surface area contributed by atoms with Crippen LogP contribution in [0.4, 0.5) is 0 Å². The normalized spacial score (nSPS) is 50.2. The number of hydrogen-bond acceptors (Lipinski definition) is 3. The van der Waals surface area contributed by atoms with Crippen molar-refractivity contribution < 1.29 is 12.6 Å². The quantitative estimate of drug-likeness (QED) is 0.655. The zero-order valence-electron chi connectivity index (χ0n) is 8.35. The number of rotatable bonds is 2. The van der Waals surface area contributed by atoms with Gasteiger partial charge >= 0.3 is 0 Å². The maximum Gasteiger partial charge on any atom is 0.264 e. The third-order valence-electron chi connectivity index (χ3n) is 4.15. The van der Waals surface area contributed by atoms with E-state index in [1.807, 2.05) is 0 Å². The van der Waals surface area contributed by atoms with Gasteiger partial charge in [-0.1, -0.05) is 0 Å². The second kappa shape index (κ2) is 2.73.